The average Bonchev–Trinajstić information content (AvgIpc) is 2.54. The molecule has 0 fully saturated rings. The molecule has 0 aliphatic rings. The first-order chi connectivity index (χ1) is 11.0. The number of hydrogen-bond donors (Lipinski definition) is 1. The molecular formula is C16H16F2N2O3. The number of nitrogens with one attached hydrogen (secondary N) is 1. The second-order valence-electron chi connectivity index (χ2n) is 4.82. The van der Waals surface area contributed by atoms with E-state index in [4.69, 9.17) is 9.47 Å². The van der Waals surface area contributed by atoms with Crippen molar-refractivity contribution in [2.24, 2.45) is 0 Å². The highest BCUT2D eigenvalue weighted by atomic mass is 19.1. The van der Waals surface area contributed by atoms with Crippen LogP contribution in [0.5, 0.6) is 11.6 Å². The molecule has 122 valence electrons. The third kappa shape index (κ3) is 4.38. The van der Waals surface area contributed by atoms with Gasteiger partial charge in [0.1, 0.15) is 18.0 Å². The van der Waals surface area contributed by atoms with Crippen molar-refractivity contribution < 1.29 is 23.0 Å². The van der Waals surface area contributed by atoms with E-state index >= 15 is 0 Å². The van der Waals surface area contributed by atoms with Crippen molar-refractivity contribution in [3.05, 3.63) is 53.7 Å². The molecule has 0 aliphatic heterocycles. The predicted molar refractivity (Wildman–Crippen MR) is 79.6 cm³/mol. The lowest BCUT2D eigenvalue weighted by Gasteiger charge is -2.16. The molecule has 1 N–H and O–H groups in total. The maximum Gasteiger partial charge on any atom is 0.257 e. The summed E-state index contributed by atoms with van der Waals surface area (Å²) in [5.74, 6) is -1.72. The van der Waals surface area contributed by atoms with Crippen LogP contribution < -0.4 is 14.8 Å². The van der Waals surface area contributed by atoms with Crippen molar-refractivity contribution in [1.29, 1.82) is 0 Å². The quantitative estimate of drug-likeness (QED) is 0.888. The maximum absolute atomic E-state index is 13.4. The van der Waals surface area contributed by atoms with Crippen molar-refractivity contribution >= 4 is 5.91 Å². The molecule has 5 nitrogen and oxygen atoms in total. The molecule has 1 amide bonds. The van der Waals surface area contributed by atoms with Gasteiger partial charge in [-0.1, -0.05) is 0 Å². The van der Waals surface area contributed by atoms with E-state index in [1.54, 1.807) is 19.1 Å². The summed E-state index contributed by atoms with van der Waals surface area (Å²) in [5, 5.41) is 2.69. The highest BCUT2D eigenvalue weighted by Crippen LogP contribution is 2.18. The molecule has 0 saturated heterocycles. The normalized spacial score (nSPS) is 11.7. The van der Waals surface area contributed by atoms with Crippen molar-refractivity contribution in [3.8, 4) is 11.6 Å². The summed E-state index contributed by atoms with van der Waals surface area (Å²) in [7, 11) is 1.42. The number of ether oxygens (including phenoxy) is 2. The first-order valence-corrected chi connectivity index (χ1v) is 6.89. The number of pyridine rings is 1. The second kappa shape index (κ2) is 7.53. The van der Waals surface area contributed by atoms with Crippen LogP contribution in [-0.2, 0) is 0 Å². The van der Waals surface area contributed by atoms with Gasteiger partial charge in [0.15, 0.2) is 11.6 Å². The number of halogens is 2. The second-order valence-corrected chi connectivity index (χ2v) is 4.82. The molecule has 1 atom stereocenters. The molecule has 0 radical (unpaired) electrons. The minimum atomic E-state index is -0.794. The molecule has 2 aromatic rings. The van der Waals surface area contributed by atoms with Gasteiger partial charge in [0.2, 0.25) is 5.88 Å². The van der Waals surface area contributed by atoms with Gasteiger partial charge in [-0.05, 0) is 31.2 Å². The summed E-state index contributed by atoms with van der Waals surface area (Å²) in [6, 6.07) is 5.82. The van der Waals surface area contributed by atoms with Crippen LogP contribution in [0.25, 0.3) is 0 Å². The average molecular weight is 322 g/mol. The summed E-state index contributed by atoms with van der Waals surface area (Å²) < 4.78 is 36.5. The van der Waals surface area contributed by atoms with Crippen LogP contribution in [0.15, 0.2) is 36.5 Å². The van der Waals surface area contributed by atoms with E-state index in [0.717, 1.165) is 12.1 Å². The van der Waals surface area contributed by atoms with E-state index in [9.17, 15) is 13.6 Å². The van der Waals surface area contributed by atoms with Crippen LogP contribution in [0, 0.1) is 11.6 Å². The van der Waals surface area contributed by atoms with Crippen molar-refractivity contribution in [2.45, 2.75) is 13.0 Å². The fraction of sp³-hybridized carbons (Fsp3) is 0.250. The van der Waals surface area contributed by atoms with E-state index in [-0.39, 0.29) is 29.7 Å². The van der Waals surface area contributed by atoms with E-state index in [1.165, 1.54) is 19.4 Å². The van der Waals surface area contributed by atoms with Gasteiger partial charge < -0.3 is 14.8 Å². The highest BCUT2D eigenvalue weighted by Gasteiger charge is 2.16. The molecule has 0 spiro atoms. The molecule has 23 heavy (non-hydrogen) atoms. The van der Waals surface area contributed by atoms with Gasteiger partial charge in [-0.3, -0.25) is 4.79 Å². The molecule has 7 heteroatoms. The summed E-state index contributed by atoms with van der Waals surface area (Å²) >= 11 is 0. The lowest BCUT2D eigenvalue weighted by atomic mass is 10.2. The Morgan fingerprint density at radius 2 is 2.13 bits per heavy atom. The van der Waals surface area contributed by atoms with Gasteiger partial charge in [0, 0.05) is 12.3 Å². The maximum atomic E-state index is 13.4. The Labute approximate surface area is 132 Å². The zero-order chi connectivity index (χ0) is 16.8. The molecule has 1 aromatic carbocycles. The van der Waals surface area contributed by atoms with Crippen LogP contribution in [0.2, 0.25) is 0 Å². The van der Waals surface area contributed by atoms with Gasteiger partial charge in [-0.2, -0.15) is 0 Å². The van der Waals surface area contributed by atoms with Crippen molar-refractivity contribution in [3.63, 3.8) is 0 Å². The Balaban J connectivity index is 1.94. The van der Waals surface area contributed by atoms with E-state index in [2.05, 4.69) is 10.3 Å². The molecule has 1 heterocycles. The summed E-state index contributed by atoms with van der Waals surface area (Å²) in [5.41, 5.74) is 0.287. The number of rotatable bonds is 6. The number of hydrogen-bond acceptors (Lipinski definition) is 4. The van der Waals surface area contributed by atoms with Gasteiger partial charge in [-0.25, -0.2) is 13.8 Å². The van der Waals surface area contributed by atoms with E-state index in [0.29, 0.717) is 0 Å². The zero-order valence-electron chi connectivity index (χ0n) is 12.7. The predicted octanol–water partition coefficient (Wildman–Crippen LogP) is 2.57. The first-order valence-electron chi connectivity index (χ1n) is 6.89. The fourth-order valence-electron chi connectivity index (χ4n) is 1.88. The van der Waals surface area contributed by atoms with Crippen LogP contribution >= 0.6 is 0 Å². The first kappa shape index (κ1) is 16.7. The number of benzene rings is 1. The Bertz CT molecular complexity index is 695. The van der Waals surface area contributed by atoms with Gasteiger partial charge >= 0.3 is 0 Å². The molecule has 0 unspecified atom stereocenters. The Kier molecular flexibility index (Phi) is 5.46. The van der Waals surface area contributed by atoms with Crippen LogP contribution in [0.1, 0.15) is 17.3 Å². The Morgan fingerprint density at radius 3 is 2.83 bits per heavy atom. The van der Waals surface area contributed by atoms with Crippen LogP contribution in [0.3, 0.4) is 0 Å². The van der Waals surface area contributed by atoms with Crippen molar-refractivity contribution in [2.75, 3.05) is 13.7 Å². The third-order valence-corrected chi connectivity index (χ3v) is 2.97. The number of aromatic nitrogens is 1. The summed E-state index contributed by atoms with van der Waals surface area (Å²) in [4.78, 5) is 16.1. The molecular weight excluding hydrogens is 306 g/mol. The monoisotopic (exact) mass is 322 g/mol. The number of methoxy groups -OCH3 is 1. The SMILES string of the molecule is COc1ncccc1C(=O)N[C@H](C)COc1ccc(F)cc1F. The number of carbonyl (C=O) groups is 1. The standard InChI is InChI=1S/C16H16F2N2O3/c1-10(9-23-14-6-5-11(17)8-13(14)18)20-15(21)12-4-3-7-19-16(12)22-2/h3-8,10H,9H2,1-2H3,(H,20,21)/t10-/m1/s1. The third-order valence-electron chi connectivity index (χ3n) is 2.97. The molecule has 1 aromatic heterocycles. The Morgan fingerprint density at radius 1 is 1.35 bits per heavy atom. The number of carbonyl (C=O) groups excluding carboxylic acids is 1. The topological polar surface area (TPSA) is 60.5 Å². The van der Waals surface area contributed by atoms with Gasteiger partial charge in [0.25, 0.3) is 5.91 Å². The van der Waals surface area contributed by atoms with E-state index in [1.807, 2.05) is 0 Å². The number of amides is 1. The van der Waals surface area contributed by atoms with Crippen molar-refractivity contribution in [1.82, 2.24) is 10.3 Å². The number of nitrogens with zero attached hydrogens (tertiary/aromatic N) is 1. The lowest BCUT2D eigenvalue weighted by Crippen LogP contribution is -2.37. The lowest BCUT2D eigenvalue weighted by molar-refractivity contribution is 0.0922. The van der Waals surface area contributed by atoms with E-state index < -0.39 is 17.7 Å². The summed E-state index contributed by atoms with van der Waals surface area (Å²) in [6.45, 7) is 1.72. The molecule has 0 aliphatic carbocycles. The smallest absolute Gasteiger partial charge is 0.257 e. The molecule has 0 bridgehead atoms. The van der Waals surface area contributed by atoms with Crippen LogP contribution in [-0.4, -0.2) is 30.6 Å². The molecule has 0 saturated carbocycles. The Hall–Kier alpha value is -2.70. The molecule has 2 rings (SSSR count). The van der Waals surface area contributed by atoms with Crippen LogP contribution in [0.4, 0.5) is 8.78 Å². The van der Waals surface area contributed by atoms with Gasteiger partial charge in [0.05, 0.1) is 13.2 Å². The fourth-order valence-corrected chi connectivity index (χ4v) is 1.88. The highest BCUT2D eigenvalue weighted by molar-refractivity contribution is 5.96. The summed E-state index contributed by atoms with van der Waals surface area (Å²) in [6.07, 6.45) is 1.51. The minimum absolute atomic E-state index is 0.0247. The largest absolute Gasteiger partial charge is 0.488 e. The van der Waals surface area contributed by atoms with Gasteiger partial charge in [-0.15, -0.1) is 0 Å². The zero-order valence-corrected chi connectivity index (χ0v) is 12.7. The minimum Gasteiger partial charge on any atom is -0.488 e.